The van der Waals surface area contributed by atoms with Crippen LogP contribution >= 0.6 is 0 Å². The average molecular weight is 593 g/mol. The van der Waals surface area contributed by atoms with E-state index in [4.69, 9.17) is 0 Å². The molecule has 0 saturated heterocycles. The fourth-order valence-corrected chi connectivity index (χ4v) is 4.36. The van der Waals surface area contributed by atoms with Gasteiger partial charge in [-0.05, 0) is 0 Å². The molecule has 206 valence electrons. The van der Waals surface area contributed by atoms with Gasteiger partial charge in [0.1, 0.15) is 0 Å². The molecule has 2 aromatic heterocycles. The minimum absolute atomic E-state index is 0.0429. The van der Waals surface area contributed by atoms with E-state index in [1.807, 2.05) is 89.8 Å². The molecule has 0 aliphatic rings. The van der Waals surface area contributed by atoms with Gasteiger partial charge >= 0.3 is 97.7 Å². The van der Waals surface area contributed by atoms with E-state index in [-0.39, 0.29) is 5.41 Å². The molecular formula is C34H46MoN3-3. The molecule has 38 heavy (non-hydrogen) atoms. The molecule has 4 heteroatoms. The van der Waals surface area contributed by atoms with E-state index in [2.05, 4.69) is 78.4 Å². The van der Waals surface area contributed by atoms with Crippen molar-refractivity contribution in [1.82, 2.24) is 9.97 Å². The van der Waals surface area contributed by atoms with Crippen LogP contribution in [0.4, 0.5) is 5.69 Å². The van der Waals surface area contributed by atoms with Gasteiger partial charge in [0, 0.05) is 0 Å². The minimum atomic E-state index is 0.0429. The van der Waals surface area contributed by atoms with E-state index in [0.717, 1.165) is 35.6 Å². The number of aryl methyl sites for hydroxylation is 6. The average Bonchev–Trinajstić information content (AvgIpc) is 3.46. The topological polar surface area (TPSA) is 40.6 Å². The van der Waals surface area contributed by atoms with Crippen LogP contribution in [0.15, 0.2) is 76.3 Å². The van der Waals surface area contributed by atoms with Crippen LogP contribution in [-0.4, -0.2) is 0 Å². The molecule has 0 amide bonds. The zero-order valence-corrected chi connectivity index (χ0v) is 26.7. The van der Waals surface area contributed by atoms with Crippen LogP contribution in [0.5, 0.6) is 0 Å². The van der Waals surface area contributed by atoms with Crippen molar-refractivity contribution in [1.29, 1.82) is 0 Å². The van der Waals surface area contributed by atoms with Gasteiger partial charge in [-0.25, -0.2) is 0 Å². The second kappa shape index (κ2) is 17.9. The fourth-order valence-electron chi connectivity index (χ4n) is 3.78. The predicted molar refractivity (Wildman–Crippen MR) is 160 cm³/mol. The van der Waals surface area contributed by atoms with Crippen LogP contribution in [0.3, 0.4) is 0 Å². The van der Waals surface area contributed by atoms with Crippen LogP contribution in [0.25, 0.3) is 0 Å². The van der Waals surface area contributed by atoms with Crippen LogP contribution in [0, 0.1) is 34.6 Å². The molecule has 0 unspecified atom stereocenters. The smallest absolute Gasteiger partial charge is 0.0607 e. The molecule has 0 aliphatic carbocycles. The number of hydrogen-bond donors (Lipinski definition) is 0. The number of aromatic nitrogens is 2. The number of hydrogen-bond acceptors (Lipinski definition) is 1. The van der Waals surface area contributed by atoms with Gasteiger partial charge in [-0.3, -0.25) is 0 Å². The summed E-state index contributed by atoms with van der Waals surface area (Å²) >= 11 is 1.83. The third-order valence-electron chi connectivity index (χ3n) is 5.73. The molecule has 2 aromatic carbocycles. The maximum Gasteiger partial charge on any atom is -0.0607 e. The Morgan fingerprint density at radius 3 is 1.29 bits per heavy atom. The maximum absolute atomic E-state index is 4.42. The van der Waals surface area contributed by atoms with Gasteiger partial charge in [-0.1, -0.05) is 102 Å². The van der Waals surface area contributed by atoms with Crippen LogP contribution in [0.1, 0.15) is 80.0 Å². The van der Waals surface area contributed by atoms with Crippen molar-refractivity contribution in [2.24, 2.45) is 3.50 Å². The molecule has 4 rings (SSSR count). The number of rotatable bonds is 6. The molecule has 3 nitrogen and oxygen atoms in total. The van der Waals surface area contributed by atoms with E-state index in [1.54, 1.807) is 0 Å². The van der Waals surface area contributed by atoms with E-state index < -0.39 is 0 Å². The van der Waals surface area contributed by atoms with E-state index in [1.165, 1.54) is 35.2 Å². The summed E-state index contributed by atoms with van der Waals surface area (Å²) < 4.78 is 4.42. The Balaban J connectivity index is 0.000000264. The second-order valence-corrected chi connectivity index (χ2v) is 10.7. The first kappa shape index (κ1) is 33.5. The molecule has 0 fully saturated rings. The van der Waals surface area contributed by atoms with Crippen molar-refractivity contribution >= 4 is 5.69 Å². The maximum atomic E-state index is 4.42. The van der Waals surface area contributed by atoms with Crippen molar-refractivity contribution < 1.29 is 19.6 Å². The van der Waals surface area contributed by atoms with Gasteiger partial charge in [-0.2, -0.15) is 22.8 Å². The molecule has 0 spiro atoms. The summed E-state index contributed by atoms with van der Waals surface area (Å²) in [7, 11) is 0. The number of nitrogens with zero attached hydrogens (tertiary/aromatic N) is 3. The zero-order chi connectivity index (χ0) is 28.6. The van der Waals surface area contributed by atoms with Crippen LogP contribution < -0.4 is 9.97 Å². The van der Waals surface area contributed by atoms with E-state index in [9.17, 15) is 0 Å². The molecule has 0 bridgehead atoms. The minimum Gasteiger partial charge on any atom is -0.665 e. The van der Waals surface area contributed by atoms with Gasteiger partial charge < -0.3 is 16.9 Å². The molecule has 4 aromatic rings. The molecular weight excluding hydrogens is 546 g/mol. The van der Waals surface area contributed by atoms with Gasteiger partial charge in [-0.15, -0.1) is 5.41 Å². The van der Waals surface area contributed by atoms with E-state index in [0.29, 0.717) is 0 Å². The summed E-state index contributed by atoms with van der Waals surface area (Å²) in [4.78, 5) is 8.22. The first-order chi connectivity index (χ1) is 18.0. The molecule has 0 radical (unpaired) electrons. The van der Waals surface area contributed by atoms with Gasteiger partial charge in [0.2, 0.25) is 0 Å². The summed E-state index contributed by atoms with van der Waals surface area (Å²) in [5.74, 6) is 0. The Morgan fingerprint density at radius 2 is 1.05 bits per heavy atom. The second-order valence-electron chi connectivity index (χ2n) is 10.2. The number of benzene rings is 2. The standard InChI is InChI=1S/C12H17N.C10H13.2C6H8N.Mo/c1-3-6-10-8-5-9-11(7-4-2)12(10)13;1-10(2,3)9-7-5-4-6-8-9;2*1-5-3-4-6(2)7-5;/h5,8-9H,3-4,6-7H2,1-2H3;4-8H,1H2,2-3H3;2*3-4H,1-2H3;/q;3*-1;. The molecule has 0 atom stereocenters. The summed E-state index contributed by atoms with van der Waals surface area (Å²) in [6.45, 7) is 20.7. The molecule has 2 heterocycles. The normalized spacial score (nSPS) is 10.2. The third-order valence-corrected chi connectivity index (χ3v) is 6.17. The summed E-state index contributed by atoms with van der Waals surface area (Å²) in [6, 6.07) is 24.9. The van der Waals surface area contributed by atoms with Crippen LogP contribution in [-0.2, 0) is 37.9 Å². The third kappa shape index (κ3) is 13.3. The Bertz CT molecular complexity index is 1080. The summed E-state index contributed by atoms with van der Waals surface area (Å²) in [5.41, 5.74) is 9.81. The Kier molecular flexibility index (Phi) is 15.8. The SMILES string of the molecule is CCCc1cccc(CCC)c1[N]=[Mo].Cc1ccc(C)[n-]1.Cc1ccc(C)[n-]1.[CH2-]C(C)(C)c1ccccc1. The van der Waals surface area contributed by atoms with Gasteiger partial charge in [0.05, 0.1) is 0 Å². The van der Waals surface area contributed by atoms with Crippen molar-refractivity contribution in [2.45, 2.75) is 86.5 Å². The summed E-state index contributed by atoms with van der Waals surface area (Å²) in [6.07, 6.45) is 4.68. The predicted octanol–water partition coefficient (Wildman–Crippen LogP) is 9.27. The van der Waals surface area contributed by atoms with Crippen molar-refractivity contribution in [2.75, 3.05) is 0 Å². The van der Waals surface area contributed by atoms with E-state index >= 15 is 0 Å². The van der Waals surface area contributed by atoms with Crippen molar-refractivity contribution in [3.63, 3.8) is 0 Å². The monoisotopic (exact) mass is 594 g/mol. The fraction of sp³-hybridized carbons (Fsp3) is 0.382. The van der Waals surface area contributed by atoms with Gasteiger partial charge in [0.25, 0.3) is 0 Å². The molecule has 0 aliphatic heterocycles. The largest absolute Gasteiger partial charge is 0.665 e. The summed E-state index contributed by atoms with van der Waals surface area (Å²) in [5, 5.41) is 0. The van der Waals surface area contributed by atoms with Crippen LogP contribution in [0.2, 0.25) is 0 Å². The first-order valence-electron chi connectivity index (χ1n) is 13.5. The Labute approximate surface area is 243 Å². The molecule has 0 N–H and O–H groups in total. The Hall–Kier alpha value is -2.51. The quantitative estimate of drug-likeness (QED) is 0.165. The molecule has 0 saturated carbocycles. The Morgan fingerprint density at radius 1 is 0.658 bits per heavy atom. The van der Waals surface area contributed by atoms with Crippen molar-refractivity contribution in [3.05, 3.63) is 119 Å². The van der Waals surface area contributed by atoms with Gasteiger partial charge in [0.15, 0.2) is 0 Å². The zero-order valence-electron chi connectivity index (χ0n) is 24.7. The van der Waals surface area contributed by atoms with Crippen molar-refractivity contribution in [3.8, 4) is 0 Å². The first-order valence-corrected chi connectivity index (χ1v) is 14.4.